The molecule has 0 radical (unpaired) electrons. The van der Waals surface area contributed by atoms with Crippen LogP contribution in [-0.4, -0.2) is 57.6 Å². The van der Waals surface area contributed by atoms with Gasteiger partial charge in [-0.05, 0) is 48.3 Å². The van der Waals surface area contributed by atoms with Crippen LogP contribution in [0, 0.1) is 17.7 Å². The summed E-state index contributed by atoms with van der Waals surface area (Å²) in [5.74, 6) is -0.590. The second-order valence-corrected chi connectivity index (χ2v) is 11.1. The first-order valence-electron chi connectivity index (χ1n) is 12.5. The van der Waals surface area contributed by atoms with Crippen molar-refractivity contribution in [1.82, 2.24) is 14.7 Å². The number of carboxylic acids is 1. The second-order valence-electron chi connectivity index (χ2n) is 11.1. The van der Waals surface area contributed by atoms with Gasteiger partial charge in [0.25, 0.3) is 0 Å². The summed E-state index contributed by atoms with van der Waals surface area (Å²) in [5.41, 5.74) is 1.48. The molecule has 1 aromatic heterocycles. The number of amides is 1. The van der Waals surface area contributed by atoms with Crippen molar-refractivity contribution in [3.8, 4) is 11.1 Å². The Morgan fingerprint density at radius 2 is 2.11 bits per heavy atom. The summed E-state index contributed by atoms with van der Waals surface area (Å²) in [6, 6.07) is 5.12. The Labute approximate surface area is 211 Å². The highest BCUT2D eigenvalue weighted by Crippen LogP contribution is 2.59. The van der Waals surface area contributed by atoms with Gasteiger partial charge in [-0.15, -0.1) is 0 Å². The minimum Gasteiger partial charge on any atom is -0.481 e. The average Bonchev–Trinajstić information content (AvgIpc) is 3.36. The van der Waals surface area contributed by atoms with E-state index in [0.717, 1.165) is 6.42 Å². The number of hydrogen-bond acceptors (Lipinski definition) is 5. The van der Waals surface area contributed by atoms with Crippen LogP contribution in [0.15, 0.2) is 24.4 Å². The minimum atomic E-state index is -0.864. The lowest BCUT2D eigenvalue weighted by molar-refractivity contribution is -0.143. The van der Waals surface area contributed by atoms with Crippen molar-refractivity contribution < 1.29 is 28.6 Å². The number of fused-ring (bicyclic) bond motifs is 1. The predicted molar refractivity (Wildman–Crippen MR) is 132 cm³/mol. The molecule has 4 rings (SSSR count). The van der Waals surface area contributed by atoms with Crippen molar-refractivity contribution >= 4 is 12.1 Å². The minimum absolute atomic E-state index is 0.00293. The molecule has 0 spiro atoms. The van der Waals surface area contributed by atoms with Crippen LogP contribution in [-0.2, 0) is 33.3 Å². The van der Waals surface area contributed by atoms with E-state index in [1.54, 1.807) is 35.9 Å². The van der Waals surface area contributed by atoms with Crippen LogP contribution < -0.4 is 0 Å². The quantitative estimate of drug-likeness (QED) is 0.533. The van der Waals surface area contributed by atoms with Crippen molar-refractivity contribution in [2.24, 2.45) is 18.9 Å². The van der Waals surface area contributed by atoms with Crippen molar-refractivity contribution in [3.63, 3.8) is 0 Å². The molecule has 2 heterocycles. The number of rotatable bonds is 9. The number of aryl methyl sites for hydroxylation is 1. The summed E-state index contributed by atoms with van der Waals surface area (Å²) < 4.78 is 28.6. The monoisotopic (exact) mass is 501 g/mol. The first-order chi connectivity index (χ1) is 16.9. The zero-order valence-electron chi connectivity index (χ0n) is 21.7. The lowest BCUT2D eigenvalue weighted by atomic mass is 9.76. The van der Waals surface area contributed by atoms with Gasteiger partial charge in [-0.25, -0.2) is 9.18 Å². The van der Waals surface area contributed by atoms with Crippen molar-refractivity contribution in [2.75, 3.05) is 20.2 Å². The number of aromatic nitrogens is 2. The van der Waals surface area contributed by atoms with Crippen LogP contribution in [0.2, 0.25) is 0 Å². The number of carbonyl (C=O) groups is 2. The van der Waals surface area contributed by atoms with E-state index in [4.69, 9.17) is 9.47 Å². The molecular weight excluding hydrogens is 465 g/mol. The van der Waals surface area contributed by atoms with Gasteiger partial charge >= 0.3 is 12.1 Å². The number of aliphatic carboxylic acids is 1. The van der Waals surface area contributed by atoms with E-state index in [2.05, 4.69) is 18.9 Å². The maximum atomic E-state index is 15.5. The van der Waals surface area contributed by atoms with Crippen LogP contribution in [0.1, 0.15) is 57.7 Å². The summed E-state index contributed by atoms with van der Waals surface area (Å²) in [6.07, 6.45) is 3.52. The smallest absolute Gasteiger partial charge is 0.409 e. The molecule has 2 aliphatic rings. The number of carboxylic acid groups (broad SMARTS) is 1. The molecule has 9 heteroatoms. The van der Waals surface area contributed by atoms with E-state index >= 15 is 4.39 Å². The Kier molecular flexibility index (Phi) is 7.14. The van der Waals surface area contributed by atoms with E-state index in [1.165, 1.54) is 6.07 Å². The third-order valence-electron chi connectivity index (χ3n) is 7.68. The fourth-order valence-electron chi connectivity index (χ4n) is 5.24. The Morgan fingerprint density at radius 3 is 2.75 bits per heavy atom. The molecular formula is C27H36FN3O5. The van der Waals surface area contributed by atoms with Gasteiger partial charge in [0.1, 0.15) is 12.4 Å². The summed E-state index contributed by atoms with van der Waals surface area (Å²) in [4.78, 5) is 25.1. The fourth-order valence-corrected chi connectivity index (χ4v) is 5.24. The normalized spacial score (nSPS) is 24.9. The van der Waals surface area contributed by atoms with Gasteiger partial charge in [0.15, 0.2) is 0 Å². The number of carbonyl (C=O) groups excluding carboxylic acids is 1. The molecule has 1 amide bonds. The lowest BCUT2D eigenvalue weighted by Gasteiger charge is -2.37. The Balaban J connectivity index is 1.46. The van der Waals surface area contributed by atoms with Gasteiger partial charge in [-0.2, -0.15) is 5.10 Å². The molecule has 1 aliphatic heterocycles. The van der Waals surface area contributed by atoms with E-state index in [9.17, 15) is 14.7 Å². The highest BCUT2D eigenvalue weighted by atomic mass is 19.1. The zero-order valence-corrected chi connectivity index (χ0v) is 21.7. The highest BCUT2D eigenvalue weighted by Gasteiger charge is 2.62. The molecule has 0 bridgehead atoms. The summed E-state index contributed by atoms with van der Waals surface area (Å²) >= 11 is 0. The topological polar surface area (TPSA) is 93.9 Å². The molecule has 2 fully saturated rings. The molecule has 36 heavy (non-hydrogen) atoms. The second kappa shape index (κ2) is 9.84. The maximum Gasteiger partial charge on any atom is 0.409 e. The van der Waals surface area contributed by atoms with Crippen molar-refractivity contribution in [3.05, 3.63) is 41.5 Å². The molecule has 8 nitrogen and oxygen atoms in total. The van der Waals surface area contributed by atoms with Gasteiger partial charge in [0.2, 0.25) is 0 Å². The molecule has 1 saturated heterocycles. The van der Waals surface area contributed by atoms with E-state index < -0.39 is 23.1 Å². The number of nitrogens with zero attached hydrogens (tertiary/aromatic N) is 3. The highest BCUT2D eigenvalue weighted by molar-refractivity contribution is 5.70. The Hall–Kier alpha value is -2.94. The molecule has 196 valence electrons. The van der Waals surface area contributed by atoms with Crippen LogP contribution >= 0.6 is 0 Å². The molecule has 1 aliphatic carbocycles. The first-order valence-corrected chi connectivity index (χ1v) is 12.5. The predicted octanol–water partition coefficient (Wildman–Crippen LogP) is 4.75. The number of hydrogen-bond donors (Lipinski definition) is 1. The number of ether oxygens (including phenoxy) is 2. The molecule has 3 unspecified atom stereocenters. The van der Waals surface area contributed by atoms with Gasteiger partial charge in [-0.3, -0.25) is 9.48 Å². The average molecular weight is 502 g/mol. The molecule has 1 saturated carbocycles. The standard InChI is InChI=1S/C27H36FN3O5/c1-17(2)8-9-30(4)25(34)35-15-23-20(14-29-31(23)5)18-6-7-21(22(28)10-18)26(3)11-19-12-27(19,36-16-26)13-24(32)33/h6-7,10,14,17,19H,8-9,11-13,15-16H2,1-5H3,(H,32,33). The van der Waals surface area contributed by atoms with Crippen molar-refractivity contribution in [1.29, 1.82) is 0 Å². The van der Waals surface area contributed by atoms with Gasteiger partial charge in [0, 0.05) is 31.6 Å². The maximum absolute atomic E-state index is 15.5. The third-order valence-corrected chi connectivity index (χ3v) is 7.68. The summed E-state index contributed by atoms with van der Waals surface area (Å²) in [5, 5.41) is 13.5. The van der Waals surface area contributed by atoms with Crippen LogP contribution in [0.5, 0.6) is 0 Å². The van der Waals surface area contributed by atoms with Gasteiger partial charge in [0.05, 0.1) is 30.5 Å². The Morgan fingerprint density at radius 1 is 1.36 bits per heavy atom. The first kappa shape index (κ1) is 26.1. The molecule has 1 N–H and O–H groups in total. The van der Waals surface area contributed by atoms with Crippen LogP contribution in [0.25, 0.3) is 11.1 Å². The largest absolute Gasteiger partial charge is 0.481 e. The Bertz CT molecular complexity index is 1150. The van der Waals surface area contributed by atoms with Gasteiger partial charge < -0.3 is 19.5 Å². The van der Waals surface area contributed by atoms with Crippen LogP contribution in [0.3, 0.4) is 0 Å². The summed E-state index contributed by atoms with van der Waals surface area (Å²) in [7, 11) is 3.48. The molecule has 1 aromatic carbocycles. The van der Waals surface area contributed by atoms with Gasteiger partial charge in [-0.1, -0.05) is 32.9 Å². The van der Waals surface area contributed by atoms with Crippen molar-refractivity contribution in [2.45, 2.75) is 64.1 Å². The van der Waals surface area contributed by atoms with Crippen LogP contribution in [0.4, 0.5) is 9.18 Å². The zero-order chi connectivity index (χ0) is 26.3. The fraction of sp³-hybridized carbons (Fsp3) is 0.593. The molecule has 3 atom stereocenters. The molecule has 2 aromatic rings. The number of halogens is 1. The van der Waals surface area contributed by atoms with E-state index in [0.29, 0.717) is 47.7 Å². The summed E-state index contributed by atoms with van der Waals surface area (Å²) in [6.45, 7) is 7.10. The van der Waals surface area contributed by atoms with E-state index in [1.807, 2.05) is 13.0 Å². The SMILES string of the molecule is CC(C)CCN(C)C(=O)OCc1c(-c2ccc(C3(C)COC4(CC(=O)O)CC4C3)c(F)c2)cnn1C. The third kappa shape index (κ3) is 5.26. The number of benzene rings is 1. The lowest BCUT2D eigenvalue weighted by Crippen LogP contribution is -2.40. The van der Waals surface area contributed by atoms with E-state index in [-0.39, 0.29) is 31.4 Å².